The van der Waals surface area contributed by atoms with Crippen LogP contribution in [0.3, 0.4) is 0 Å². The SMILES string of the molecule is CCN1CCN(C(=O)Nc2c(C)cnn2Cc2cccc(F)c2)[C@@H](C)C1=O. The third kappa shape index (κ3) is 3.94. The van der Waals surface area contributed by atoms with Gasteiger partial charge in [-0.2, -0.15) is 5.10 Å². The highest BCUT2D eigenvalue weighted by Gasteiger charge is 2.34. The Morgan fingerprint density at radius 2 is 2.15 bits per heavy atom. The molecule has 0 saturated carbocycles. The maximum absolute atomic E-state index is 13.4. The average Bonchev–Trinajstić information content (AvgIpc) is 2.97. The lowest BCUT2D eigenvalue weighted by Crippen LogP contribution is -2.58. The number of anilines is 1. The summed E-state index contributed by atoms with van der Waals surface area (Å²) in [5, 5.41) is 7.15. The summed E-state index contributed by atoms with van der Waals surface area (Å²) in [5.74, 6) is 0.175. The van der Waals surface area contributed by atoms with Gasteiger partial charge >= 0.3 is 6.03 Å². The molecule has 1 saturated heterocycles. The largest absolute Gasteiger partial charge is 0.339 e. The lowest BCUT2D eigenvalue weighted by atomic mass is 10.2. The van der Waals surface area contributed by atoms with Gasteiger partial charge in [-0.3, -0.25) is 10.1 Å². The molecule has 1 N–H and O–H groups in total. The number of likely N-dealkylation sites (N-methyl/N-ethyl adjacent to an activating group) is 1. The normalized spacial score (nSPS) is 17.3. The third-order valence-corrected chi connectivity index (χ3v) is 4.86. The van der Waals surface area contributed by atoms with Crippen molar-refractivity contribution in [2.45, 2.75) is 33.4 Å². The van der Waals surface area contributed by atoms with E-state index in [2.05, 4.69) is 10.4 Å². The fraction of sp³-hybridized carbons (Fsp3) is 0.421. The van der Waals surface area contributed by atoms with Gasteiger partial charge in [-0.25, -0.2) is 13.9 Å². The Hall–Kier alpha value is -2.90. The van der Waals surface area contributed by atoms with Crippen LogP contribution in [0.4, 0.5) is 15.0 Å². The van der Waals surface area contributed by atoms with Gasteiger partial charge in [-0.05, 0) is 38.5 Å². The van der Waals surface area contributed by atoms with E-state index in [1.54, 1.807) is 34.8 Å². The van der Waals surface area contributed by atoms with Gasteiger partial charge in [-0.1, -0.05) is 12.1 Å². The van der Waals surface area contributed by atoms with Crippen molar-refractivity contribution in [3.8, 4) is 0 Å². The predicted octanol–water partition coefficient (Wildman–Crippen LogP) is 2.46. The van der Waals surface area contributed by atoms with E-state index >= 15 is 0 Å². The summed E-state index contributed by atoms with van der Waals surface area (Å²) < 4.78 is 15.0. The second kappa shape index (κ2) is 7.77. The number of amides is 3. The number of rotatable bonds is 4. The number of aromatic nitrogens is 2. The Balaban J connectivity index is 1.75. The number of carbonyl (C=O) groups is 2. The molecule has 1 atom stereocenters. The molecule has 144 valence electrons. The van der Waals surface area contributed by atoms with Crippen molar-refractivity contribution in [1.82, 2.24) is 19.6 Å². The molecule has 1 aliphatic heterocycles. The van der Waals surface area contributed by atoms with Gasteiger partial charge in [0.2, 0.25) is 5.91 Å². The predicted molar refractivity (Wildman–Crippen MR) is 99.9 cm³/mol. The molecule has 0 spiro atoms. The number of piperazine rings is 1. The van der Waals surface area contributed by atoms with Crippen molar-refractivity contribution >= 4 is 17.8 Å². The minimum absolute atomic E-state index is 0.0520. The lowest BCUT2D eigenvalue weighted by Gasteiger charge is -2.38. The highest BCUT2D eigenvalue weighted by atomic mass is 19.1. The Kier molecular flexibility index (Phi) is 5.43. The zero-order valence-corrected chi connectivity index (χ0v) is 15.8. The van der Waals surface area contributed by atoms with Crippen molar-refractivity contribution in [3.05, 3.63) is 47.4 Å². The molecule has 0 aliphatic carbocycles. The highest BCUT2D eigenvalue weighted by molar-refractivity contribution is 5.94. The second-order valence-electron chi connectivity index (χ2n) is 6.68. The molecule has 7 nitrogen and oxygen atoms in total. The Morgan fingerprint density at radius 1 is 1.37 bits per heavy atom. The smallest absolute Gasteiger partial charge is 0.323 e. The number of carbonyl (C=O) groups excluding carboxylic acids is 2. The molecule has 3 rings (SSSR count). The summed E-state index contributed by atoms with van der Waals surface area (Å²) in [5.41, 5.74) is 1.54. The van der Waals surface area contributed by atoms with E-state index in [1.165, 1.54) is 17.0 Å². The van der Waals surface area contributed by atoms with Crippen LogP contribution in [-0.4, -0.2) is 57.2 Å². The zero-order valence-electron chi connectivity index (χ0n) is 15.8. The van der Waals surface area contributed by atoms with Gasteiger partial charge in [0.1, 0.15) is 17.7 Å². The number of hydrogen-bond donors (Lipinski definition) is 1. The first-order valence-corrected chi connectivity index (χ1v) is 9.04. The zero-order chi connectivity index (χ0) is 19.6. The number of benzene rings is 1. The van der Waals surface area contributed by atoms with Crippen molar-refractivity contribution in [2.24, 2.45) is 0 Å². The maximum Gasteiger partial charge on any atom is 0.323 e. The van der Waals surface area contributed by atoms with E-state index in [-0.39, 0.29) is 17.8 Å². The quantitative estimate of drug-likeness (QED) is 0.895. The van der Waals surface area contributed by atoms with Crippen LogP contribution in [0.2, 0.25) is 0 Å². The van der Waals surface area contributed by atoms with Crippen LogP contribution in [0.15, 0.2) is 30.5 Å². The van der Waals surface area contributed by atoms with E-state index in [9.17, 15) is 14.0 Å². The van der Waals surface area contributed by atoms with E-state index in [1.807, 2.05) is 13.8 Å². The summed E-state index contributed by atoms with van der Waals surface area (Å²) >= 11 is 0. The molecule has 8 heteroatoms. The van der Waals surface area contributed by atoms with E-state index < -0.39 is 6.04 Å². The van der Waals surface area contributed by atoms with Crippen LogP contribution < -0.4 is 5.32 Å². The molecule has 0 unspecified atom stereocenters. The topological polar surface area (TPSA) is 70.5 Å². The molecule has 1 aliphatic rings. The van der Waals surface area contributed by atoms with Gasteiger partial charge in [0, 0.05) is 25.2 Å². The number of hydrogen-bond acceptors (Lipinski definition) is 3. The van der Waals surface area contributed by atoms with Crippen LogP contribution in [0.5, 0.6) is 0 Å². The molecule has 3 amide bonds. The molecule has 1 aromatic carbocycles. The third-order valence-electron chi connectivity index (χ3n) is 4.86. The first kappa shape index (κ1) is 18.9. The minimum atomic E-state index is -0.515. The number of nitrogens with zero attached hydrogens (tertiary/aromatic N) is 4. The van der Waals surface area contributed by atoms with E-state index in [4.69, 9.17) is 0 Å². The average molecular weight is 373 g/mol. The fourth-order valence-electron chi connectivity index (χ4n) is 3.26. The van der Waals surface area contributed by atoms with Crippen molar-refractivity contribution in [1.29, 1.82) is 0 Å². The molecule has 2 aromatic rings. The van der Waals surface area contributed by atoms with Crippen molar-refractivity contribution in [2.75, 3.05) is 25.0 Å². The van der Waals surface area contributed by atoms with Gasteiger partial charge in [0.05, 0.1) is 12.7 Å². The number of urea groups is 1. The summed E-state index contributed by atoms with van der Waals surface area (Å²) in [6, 6.07) is 5.41. The van der Waals surface area contributed by atoms with E-state index in [0.717, 1.165) is 11.1 Å². The lowest BCUT2D eigenvalue weighted by molar-refractivity contribution is -0.138. The Labute approximate surface area is 157 Å². The van der Waals surface area contributed by atoms with Gasteiger partial charge in [-0.15, -0.1) is 0 Å². The number of aryl methyl sites for hydroxylation is 1. The molecule has 1 aromatic heterocycles. The maximum atomic E-state index is 13.4. The Morgan fingerprint density at radius 3 is 2.85 bits per heavy atom. The minimum Gasteiger partial charge on any atom is -0.339 e. The molecule has 2 heterocycles. The van der Waals surface area contributed by atoms with Gasteiger partial charge in [0.25, 0.3) is 0 Å². The molecule has 0 bridgehead atoms. The summed E-state index contributed by atoms with van der Waals surface area (Å²) in [7, 11) is 0. The van der Waals surface area contributed by atoms with E-state index in [0.29, 0.717) is 32.0 Å². The molecule has 27 heavy (non-hydrogen) atoms. The number of halogens is 1. The van der Waals surface area contributed by atoms with Gasteiger partial charge in [0.15, 0.2) is 0 Å². The summed E-state index contributed by atoms with van der Waals surface area (Å²) in [6.45, 7) is 7.47. The summed E-state index contributed by atoms with van der Waals surface area (Å²) in [4.78, 5) is 28.4. The first-order chi connectivity index (χ1) is 12.9. The highest BCUT2D eigenvalue weighted by Crippen LogP contribution is 2.19. The first-order valence-electron chi connectivity index (χ1n) is 9.04. The molecule has 1 fully saturated rings. The standard InChI is InChI=1S/C19H24FN5O2/c1-4-23-8-9-24(14(3)18(23)26)19(27)22-17-13(2)11-21-25(17)12-15-6-5-7-16(20)10-15/h5-7,10-11,14H,4,8-9,12H2,1-3H3,(H,22,27)/t14-/m0/s1. The van der Waals surface area contributed by atoms with Crippen molar-refractivity contribution in [3.63, 3.8) is 0 Å². The summed E-state index contributed by atoms with van der Waals surface area (Å²) in [6.07, 6.45) is 1.65. The van der Waals surface area contributed by atoms with Crippen molar-refractivity contribution < 1.29 is 14.0 Å². The Bertz CT molecular complexity index is 850. The molecular formula is C19H24FN5O2. The number of nitrogens with one attached hydrogen (secondary N) is 1. The molecular weight excluding hydrogens is 349 g/mol. The second-order valence-corrected chi connectivity index (χ2v) is 6.68. The van der Waals surface area contributed by atoms with Crippen LogP contribution >= 0.6 is 0 Å². The molecule has 0 radical (unpaired) electrons. The van der Waals surface area contributed by atoms with Crippen LogP contribution in [0.1, 0.15) is 25.0 Å². The van der Waals surface area contributed by atoms with Crippen LogP contribution in [-0.2, 0) is 11.3 Å². The van der Waals surface area contributed by atoms with Crippen LogP contribution in [0.25, 0.3) is 0 Å². The van der Waals surface area contributed by atoms with Crippen LogP contribution in [0, 0.1) is 12.7 Å². The van der Waals surface area contributed by atoms with Gasteiger partial charge < -0.3 is 9.80 Å². The fourth-order valence-corrected chi connectivity index (χ4v) is 3.26. The monoisotopic (exact) mass is 373 g/mol.